The van der Waals surface area contributed by atoms with Crippen molar-refractivity contribution in [2.45, 2.75) is 32.1 Å². The highest BCUT2D eigenvalue weighted by molar-refractivity contribution is 5.95. The summed E-state index contributed by atoms with van der Waals surface area (Å²) in [7, 11) is 0. The van der Waals surface area contributed by atoms with Gasteiger partial charge in [-0.05, 0) is 25.0 Å². The zero-order valence-electron chi connectivity index (χ0n) is 13.8. The molecule has 1 aliphatic rings. The molecule has 5 heteroatoms. The lowest BCUT2D eigenvalue weighted by molar-refractivity contribution is -0.131. The average molecular weight is 325 g/mol. The Morgan fingerprint density at radius 3 is 2.54 bits per heavy atom. The monoisotopic (exact) mass is 325 g/mol. The minimum absolute atomic E-state index is 0.128. The normalized spacial score (nSPS) is 15.1. The lowest BCUT2D eigenvalue weighted by Crippen LogP contribution is -2.35. The molecule has 3 rings (SSSR count). The van der Waals surface area contributed by atoms with Crippen LogP contribution in [0.5, 0.6) is 0 Å². The van der Waals surface area contributed by atoms with Gasteiger partial charge in [-0.1, -0.05) is 37.1 Å². The number of carbonyl (C=O) groups is 2. The van der Waals surface area contributed by atoms with E-state index in [2.05, 4.69) is 10.3 Å². The Hall–Kier alpha value is -2.43. The van der Waals surface area contributed by atoms with Gasteiger partial charge in [-0.2, -0.15) is 0 Å². The van der Waals surface area contributed by atoms with Gasteiger partial charge in [0, 0.05) is 31.4 Å². The van der Waals surface area contributed by atoms with Gasteiger partial charge in [0.25, 0.3) is 5.91 Å². The zero-order chi connectivity index (χ0) is 16.8. The van der Waals surface area contributed by atoms with Crippen LogP contribution in [-0.2, 0) is 4.79 Å². The first-order valence-corrected chi connectivity index (χ1v) is 8.66. The van der Waals surface area contributed by atoms with Crippen molar-refractivity contribution in [1.82, 2.24) is 15.2 Å². The number of nitrogens with zero attached hydrogens (tertiary/aromatic N) is 2. The number of pyridine rings is 1. The first kappa shape index (κ1) is 16.4. The smallest absolute Gasteiger partial charge is 0.269 e. The average Bonchev–Trinajstić information content (AvgIpc) is 2.90. The number of carbonyl (C=O) groups excluding carboxylic acids is 2. The Morgan fingerprint density at radius 1 is 1.00 bits per heavy atom. The number of hydrogen-bond donors (Lipinski definition) is 1. The first-order chi connectivity index (χ1) is 11.7. The Kier molecular flexibility index (Phi) is 5.41. The summed E-state index contributed by atoms with van der Waals surface area (Å²) >= 11 is 0. The van der Waals surface area contributed by atoms with E-state index >= 15 is 0 Å². The summed E-state index contributed by atoms with van der Waals surface area (Å²) in [6.45, 7) is 2.04. The van der Waals surface area contributed by atoms with E-state index in [0.29, 0.717) is 18.7 Å². The molecule has 1 aromatic heterocycles. The van der Waals surface area contributed by atoms with Gasteiger partial charge in [0.15, 0.2) is 0 Å². The lowest BCUT2D eigenvalue weighted by Gasteiger charge is -2.20. The highest BCUT2D eigenvalue weighted by Gasteiger charge is 2.15. The molecule has 0 bridgehead atoms. The molecule has 0 spiro atoms. The third-order valence-electron chi connectivity index (χ3n) is 4.41. The molecule has 1 aromatic carbocycles. The number of hydrogen-bond acceptors (Lipinski definition) is 3. The number of aromatic nitrogens is 1. The molecule has 0 unspecified atom stereocenters. The molecule has 2 aromatic rings. The van der Waals surface area contributed by atoms with Crippen LogP contribution in [0.15, 0.2) is 36.4 Å². The fourth-order valence-corrected chi connectivity index (χ4v) is 3.04. The summed E-state index contributed by atoms with van der Waals surface area (Å²) in [6.07, 6.45) is 4.92. The van der Waals surface area contributed by atoms with E-state index in [1.807, 2.05) is 35.2 Å². The zero-order valence-corrected chi connectivity index (χ0v) is 13.8. The van der Waals surface area contributed by atoms with Crippen molar-refractivity contribution in [3.8, 4) is 0 Å². The number of benzene rings is 1. The van der Waals surface area contributed by atoms with Crippen LogP contribution in [0.4, 0.5) is 0 Å². The van der Waals surface area contributed by atoms with Gasteiger partial charge in [-0.3, -0.25) is 9.59 Å². The van der Waals surface area contributed by atoms with Crippen LogP contribution in [-0.4, -0.2) is 41.3 Å². The van der Waals surface area contributed by atoms with E-state index in [0.717, 1.165) is 36.8 Å². The van der Waals surface area contributed by atoms with Gasteiger partial charge >= 0.3 is 0 Å². The van der Waals surface area contributed by atoms with E-state index in [4.69, 9.17) is 0 Å². The molecule has 24 heavy (non-hydrogen) atoms. The Bertz CT molecular complexity index is 721. The second-order valence-corrected chi connectivity index (χ2v) is 6.19. The summed E-state index contributed by atoms with van der Waals surface area (Å²) in [5, 5.41) is 3.81. The topological polar surface area (TPSA) is 62.3 Å². The van der Waals surface area contributed by atoms with Crippen LogP contribution in [0, 0.1) is 0 Å². The van der Waals surface area contributed by atoms with Gasteiger partial charge < -0.3 is 10.2 Å². The number of fused-ring (bicyclic) bond motifs is 1. The fourth-order valence-electron chi connectivity index (χ4n) is 3.04. The van der Waals surface area contributed by atoms with Crippen molar-refractivity contribution in [3.05, 3.63) is 42.1 Å². The first-order valence-electron chi connectivity index (χ1n) is 8.66. The quantitative estimate of drug-likeness (QED) is 0.940. The summed E-state index contributed by atoms with van der Waals surface area (Å²) in [6, 6.07) is 11.3. The van der Waals surface area contributed by atoms with Gasteiger partial charge in [0.05, 0.1) is 5.52 Å². The standard InChI is InChI=1S/C19H23N3O2/c23-18(22-13-5-1-2-6-14-22)11-12-20-19(24)17-10-9-15-7-3-4-8-16(15)21-17/h3-4,7-10H,1-2,5-6,11-14H2,(H,20,24). The van der Waals surface area contributed by atoms with E-state index < -0.39 is 0 Å². The number of nitrogens with one attached hydrogen (secondary N) is 1. The number of para-hydroxylation sites is 1. The SMILES string of the molecule is O=C(NCCC(=O)N1CCCCCC1)c1ccc2ccccc2n1. The largest absolute Gasteiger partial charge is 0.350 e. The predicted octanol–water partition coefficient (Wildman–Crippen LogP) is 2.76. The van der Waals surface area contributed by atoms with Crippen LogP contribution in [0.25, 0.3) is 10.9 Å². The fraction of sp³-hybridized carbons (Fsp3) is 0.421. The summed E-state index contributed by atoms with van der Waals surface area (Å²) in [4.78, 5) is 30.7. The van der Waals surface area contributed by atoms with Crippen LogP contribution >= 0.6 is 0 Å². The van der Waals surface area contributed by atoms with Crippen molar-refractivity contribution in [2.24, 2.45) is 0 Å². The molecule has 5 nitrogen and oxygen atoms in total. The highest BCUT2D eigenvalue weighted by atomic mass is 16.2. The third-order valence-corrected chi connectivity index (χ3v) is 4.41. The molecular weight excluding hydrogens is 302 g/mol. The van der Waals surface area contributed by atoms with Crippen molar-refractivity contribution >= 4 is 22.7 Å². The van der Waals surface area contributed by atoms with Crippen LogP contribution in [0.1, 0.15) is 42.6 Å². The van der Waals surface area contributed by atoms with Gasteiger partial charge in [-0.25, -0.2) is 4.98 Å². The second-order valence-electron chi connectivity index (χ2n) is 6.19. The molecule has 1 saturated heterocycles. The maximum Gasteiger partial charge on any atom is 0.269 e. The molecule has 2 heterocycles. The Morgan fingerprint density at radius 2 is 1.75 bits per heavy atom. The molecule has 1 aliphatic heterocycles. The third kappa shape index (κ3) is 4.10. The van der Waals surface area contributed by atoms with E-state index in [-0.39, 0.29) is 11.8 Å². The van der Waals surface area contributed by atoms with Crippen LogP contribution in [0.2, 0.25) is 0 Å². The number of amides is 2. The van der Waals surface area contributed by atoms with E-state index in [9.17, 15) is 9.59 Å². The van der Waals surface area contributed by atoms with E-state index in [1.165, 1.54) is 12.8 Å². The maximum atomic E-state index is 12.2. The summed E-state index contributed by atoms with van der Waals surface area (Å²) < 4.78 is 0. The van der Waals surface area contributed by atoms with Crippen LogP contribution < -0.4 is 5.32 Å². The summed E-state index contributed by atoms with van der Waals surface area (Å²) in [5.41, 5.74) is 1.18. The number of rotatable bonds is 4. The molecule has 0 aliphatic carbocycles. The highest BCUT2D eigenvalue weighted by Crippen LogP contribution is 2.12. The summed E-state index contributed by atoms with van der Waals surface area (Å²) in [5.74, 6) is -0.104. The van der Waals surface area contributed by atoms with Crippen molar-refractivity contribution in [3.63, 3.8) is 0 Å². The van der Waals surface area contributed by atoms with E-state index in [1.54, 1.807) is 6.07 Å². The van der Waals surface area contributed by atoms with Crippen molar-refractivity contribution in [2.75, 3.05) is 19.6 Å². The van der Waals surface area contributed by atoms with Crippen LogP contribution in [0.3, 0.4) is 0 Å². The van der Waals surface area contributed by atoms with Crippen molar-refractivity contribution in [1.29, 1.82) is 0 Å². The molecule has 0 radical (unpaired) electrons. The molecule has 0 atom stereocenters. The van der Waals surface area contributed by atoms with Crippen molar-refractivity contribution < 1.29 is 9.59 Å². The predicted molar refractivity (Wildman–Crippen MR) is 93.7 cm³/mol. The molecule has 0 saturated carbocycles. The Labute approximate surface area is 142 Å². The molecule has 126 valence electrons. The molecule has 1 N–H and O–H groups in total. The van der Waals surface area contributed by atoms with Gasteiger partial charge in [0.2, 0.25) is 5.91 Å². The Balaban J connectivity index is 1.51. The molecular formula is C19H23N3O2. The van der Waals surface area contributed by atoms with Gasteiger partial charge in [-0.15, -0.1) is 0 Å². The second kappa shape index (κ2) is 7.90. The minimum atomic E-state index is -0.232. The van der Waals surface area contributed by atoms with Gasteiger partial charge in [0.1, 0.15) is 5.69 Å². The lowest BCUT2D eigenvalue weighted by atomic mass is 10.2. The maximum absolute atomic E-state index is 12.2. The molecule has 1 fully saturated rings. The molecule has 2 amide bonds. The minimum Gasteiger partial charge on any atom is -0.350 e. The number of likely N-dealkylation sites (tertiary alicyclic amines) is 1.